The van der Waals surface area contributed by atoms with Crippen molar-refractivity contribution >= 4 is 29.3 Å². The molecule has 1 aromatic rings. The number of imide groups is 2. The first-order valence-electron chi connectivity index (χ1n) is 5.37. The van der Waals surface area contributed by atoms with Crippen LogP contribution in [0.2, 0.25) is 0 Å². The average molecular weight is 264 g/mol. The standard InChI is InChI=1S/C12H9FN2O4/c1-6(16)9-10(17)14-12(19)15(11(9)18)8-5-3-2-4-7(8)13/h2-5,9H,1H3,(H,14,17,19). The highest BCUT2D eigenvalue weighted by molar-refractivity contribution is 6.34. The zero-order chi connectivity index (χ0) is 14.2. The molecule has 6 nitrogen and oxygen atoms in total. The van der Waals surface area contributed by atoms with Gasteiger partial charge in [0.05, 0.1) is 5.69 Å². The number of urea groups is 1. The van der Waals surface area contributed by atoms with E-state index in [1.165, 1.54) is 18.2 Å². The fraction of sp³-hybridized carbons (Fsp3) is 0.167. The summed E-state index contributed by atoms with van der Waals surface area (Å²) in [6.07, 6.45) is 0. The van der Waals surface area contributed by atoms with Gasteiger partial charge in [0.25, 0.3) is 5.91 Å². The topological polar surface area (TPSA) is 83.6 Å². The highest BCUT2D eigenvalue weighted by atomic mass is 19.1. The summed E-state index contributed by atoms with van der Waals surface area (Å²) in [5.74, 6) is -5.18. The molecule has 1 N–H and O–H groups in total. The summed E-state index contributed by atoms with van der Waals surface area (Å²) in [6.45, 7) is 1.05. The molecular weight excluding hydrogens is 255 g/mol. The van der Waals surface area contributed by atoms with E-state index in [1.54, 1.807) is 0 Å². The number of carbonyl (C=O) groups excluding carboxylic acids is 4. The van der Waals surface area contributed by atoms with Gasteiger partial charge in [0, 0.05) is 0 Å². The number of anilines is 1. The van der Waals surface area contributed by atoms with Gasteiger partial charge in [-0.15, -0.1) is 0 Å². The molecule has 0 aliphatic carbocycles. The van der Waals surface area contributed by atoms with Crippen LogP contribution in [-0.4, -0.2) is 23.6 Å². The molecule has 1 atom stereocenters. The fourth-order valence-corrected chi connectivity index (χ4v) is 1.79. The molecule has 7 heteroatoms. The molecule has 1 aromatic carbocycles. The Labute approximate surface area is 107 Å². The first-order chi connectivity index (χ1) is 8.93. The Morgan fingerprint density at radius 3 is 2.47 bits per heavy atom. The maximum Gasteiger partial charge on any atom is 0.335 e. The first kappa shape index (κ1) is 12.9. The smallest absolute Gasteiger partial charge is 0.299 e. The SMILES string of the molecule is CC(=O)C1C(=O)NC(=O)N(c2ccccc2F)C1=O. The number of para-hydroxylation sites is 1. The molecule has 4 amide bonds. The van der Waals surface area contributed by atoms with Crippen molar-refractivity contribution in [2.75, 3.05) is 4.90 Å². The second-order valence-corrected chi connectivity index (χ2v) is 3.96. The average Bonchev–Trinajstić information content (AvgIpc) is 2.30. The fourth-order valence-electron chi connectivity index (χ4n) is 1.79. The van der Waals surface area contributed by atoms with Crippen LogP contribution in [0.4, 0.5) is 14.9 Å². The predicted molar refractivity (Wildman–Crippen MR) is 61.6 cm³/mol. The van der Waals surface area contributed by atoms with Gasteiger partial charge in [0.1, 0.15) is 5.82 Å². The number of amides is 4. The molecule has 1 heterocycles. The molecule has 1 unspecified atom stereocenters. The van der Waals surface area contributed by atoms with Crippen LogP contribution in [-0.2, 0) is 14.4 Å². The monoisotopic (exact) mass is 264 g/mol. The Balaban J connectivity index is 2.48. The zero-order valence-electron chi connectivity index (χ0n) is 9.84. The van der Waals surface area contributed by atoms with Gasteiger partial charge in [-0.1, -0.05) is 12.1 Å². The third-order valence-corrected chi connectivity index (χ3v) is 2.66. The highest BCUT2D eigenvalue weighted by Crippen LogP contribution is 2.23. The number of hydrogen-bond acceptors (Lipinski definition) is 4. The molecule has 1 aliphatic rings. The minimum atomic E-state index is -1.63. The van der Waals surface area contributed by atoms with Gasteiger partial charge >= 0.3 is 6.03 Å². The van der Waals surface area contributed by atoms with Crippen LogP contribution in [0.1, 0.15) is 6.92 Å². The van der Waals surface area contributed by atoms with E-state index in [4.69, 9.17) is 0 Å². The lowest BCUT2D eigenvalue weighted by atomic mass is 10.00. The minimum absolute atomic E-state index is 0.302. The molecule has 2 rings (SSSR count). The number of halogens is 1. The highest BCUT2D eigenvalue weighted by Gasteiger charge is 2.44. The van der Waals surface area contributed by atoms with Crippen LogP contribution in [0.3, 0.4) is 0 Å². The number of rotatable bonds is 2. The molecule has 19 heavy (non-hydrogen) atoms. The Hall–Kier alpha value is -2.57. The normalized spacial score (nSPS) is 19.4. The number of hydrogen-bond donors (Lipinski definition) is 1. The summed E-state index contributed by atoms with van der Waals surface area (Å²) in [5.41, 5.74) is -0.302. The van der Waals surface area contributed by atoms with Crippen molar-refractivity contribution in [3.8, 4) is 0 Å². The van der Waals surface area contributed by atoms with E-state index in [9.17, 15) is 23.6 Å². The van der Waals surface area contributed by atoms with Crippen LogP contribution in [0, 0.1) is 11.7 Å². The lowest BCUT2D eigenvalue weighted by molar-refractivity contribution is -0.140. The lowest BCUT2D eigenvalue weighted by Gasteiger charge is -2.29. The van der Waals surface area contributed by atoms with E-state index in [0.717, 1.165) is 13.0 Å². The number of ketones is 1. The number of Topliss-reactive ketones (excluding diaryl/α,β-unsaturated/α-hetero) is 1. The minimum Gasteiger partial charge on any atom is -0.299 e. The molecule has 0 bridgehead atoms. The summed E-state index contributed by atoms with van der Waals surface area (Å²) in [7, 11) is 0. The lowest BCUT2D eigenvalue weighted by Crippen LogP contribution is -2.60. The van der Waals surface area contributed by atoms with Crippen LogP contribution in [0.25, 0.3) is 0 Å². The molecular formula is C12H9FN2O4. The molecule has 0 spiro atoms. The van der Waals surface area contributed by atoms with Gasteiger partial charge in [-0.2, -0.15) is 0 Å². The summed E-state index contributed by atoms with van der Waals surface area (Å²) < 4.78 is 13.6. The van der Waals surface area contributed by atoms with Gasteiger partial charge in [-0.3, -0.25) is 19.7 Å². The summed E-state index contributed by atoms with van der Waals surface area (Å²) in [5, 5.41) is 1.86. The summed E-state index contributed by atoms with van der Waals surface area (Å²) in [4.78, 5) is 46.8. The Morgan fingerprint density at radius 2 is 1.89 bits per heavy atom. The van der Waals surface area contributed by atoms with Crippen molar-refractivity contribution in [1.29, 1.82) is 0 Å². The first-order valence-corrected chi connectivity index (χ1v) is 5.37. The van der Waals surface area contributed by atoms with Gasteiger partial charge < -0.3 is 0 Å². The quantitative estimate of drug-likeness (QED) is 0.793. The molecule has 1 aliphatic heterocycles. The van der Waals surface area contributed by atoms with Crippen molar-refractivity contribution in [1.82, 2.24) is 5.32 Å². The maximum atomic E-state index is 13.6. The van der Waals surface area contributed by atoms with Crippen LogP contribution < -0.4 is 10.2 Å². The van der Waals surface area contributed by atoms with Crippen molar-refractivity contribution < 1.29 is 23.6 Å². The van der Waals surface area contributed by atoms with Gasteiger partial charge in [0.2, 0.25) is 5.91 Å². The van der Waals surface area contributed by atoms with E-state index >= 15 is 0 Å². The van der Waals surface area contributed by atoms with Gasteiger partial charge in [0.15, 0.2) is 11.7 Å². The van der Waals surface area contributed by atoms with E-state index in [0.29, 0.717) is 4.90 Å². The Kier molecular flexibility index (Phi) is 3.12. The number of nitrogens with zero attached hydrogens (tertiary/aromatic N) is 1. The van der Waals surface area contributed by atoms with Crippen LogP contribution in [0.5, 0.6) is 0 Å². The molecule has 0 radical (unpaired) electrons. The van der Waals surface area contributed by atoms with Crippen molar-refractivity contribution in [2.24, 2.45) is 5.92 Å². The van der Waals surface area contributed by atoms with E-state index in [2.05, 4.69) is 0 Å². The molecule has 0 aromatic heterocycles. The largest absolute Gasteiger partial charge is 0.335 e. The van der Waals surface area contributed by atoms with Gasteiger partial charge in [-0.25, -0.2) is 14.1 Å². The van der Waals surface area contributed by atoms with E-state index in [1.807, 2.05) is 5.32 Å². The van der Waals surface area contributed by atoms with Gasteiger partial charge in [-0.05, 0) is 19.1 Å². The maximum absolute atomic E-state index is 13.6. The third-order valence-electron chi connectivity index (χ3n) is 2.66. The van der Waals surface area contributed by atoms with Crippen LogP contribution in [0.15, 0.2) is 24.3 Å². The molecule has 1 saturated heterocycles. The second kappa shape index (κ2) is 4.60. The van der Waals surface area contributed by atoms with Crippen molar-refractivity contribution in [3.63, 3.8) is 0 Å². The number of barbiturate groups is 1. The Bertz CT molecular complexity index is 599. The van der Waals surface area contributed by atoms with E-state index in [-0.39, 0.29) is 5.69 Å². The predicted octanol–water partition coefficient (Wildman–Crippen LogP) is 0.614. The van der Waals surface area contributed by atoms with Crippen molar-refractivity contribution in [3.05, 3.63) is 30.1 Å². The third kappa shape index (κ3) is 2.10. The zero-order valence-corrected chi connectivity index (χ0v) is 9.84. The molecule has 1 fully saturated rings. The number of nitrogens with one attached hydrogen (secondary N) is 1. The number of benzene rings is 1. The molecule has 0 saturated carbocycles. The molecule has 98 valence electrons. The Morgan fingerprint density at radius 1 is 1.26 bits per heavy atom. The summed E-state index contributed by atoms with van der Waals surface area (Å²) >= 11 is 0. The van der Waals surface area contributed by atoms with Crippen LogP contribution >= 0.6 is 0 Å². The van der Waals surface area contributed by atoms with Crippen molar-refractivity contribution in [2.45, 2.75) is 6.92 Å². The van der Waals surface area contributed by atoms with E-state index < -0.39 is 35.4 Å². The second-order valence-electron chi connectivity index (χ2n) is 3.96. The number of carbonyl (C=O) groups is 4. The summed E-state index contributed by atoms with van der Waals surface area (Å²) in [6, 6.07) is 4.02.